The Morgan fingerprint density at radius 2 is 1.86 bits per heavy atom. The average molecular weight is 475 g/mol. The second-order valence-corrected chi connectivity index (χ2v) is 8.28. The molecule has 0 aliphatic carbocycles. The third kappa shape index (κ3) is 5.78. The Balaban J connectivity index is 1.43. The van der Waals surface area contributed by atoms with E-state index in [0.717, 1.165) is 5.56 Å². The maximum atomic E-state index is 13.1. The van der Waals surface area contributed by atoms with Gasteiger partial charge in [-0.15, -0.1) is 0 Å². The van der Waals surface area contributed by atoms with E-state index in [4.69, 9.17) is 20.6 Å². The standard InChI is InChI=1S/C25H26N6O4/c1-34-22(32)10-16-9-20(31(14-16)25(33)18-3-2-8-28-11-18)15-35-21-6-4-17(5-7-21)24-29-12-19(13-30-24)23(26)27/h2-8,11-13,16,20H,9-10,14-15H2,1H3,(H3,26,27)/t16-,20-/m0/s1. The summed E-state index contributed by atoms with van der Waals surface area (Å²) in [5.41, 5.74) is 7.19. The first kappa shape index (κ1) is 23.8. The van der Waals surface area contributed by atoms with E-state index in [1.54, 1.807) is 23.2 Å². The van der Waals surface area contributed by atoms with E-state index in [0.29, 0.717) is 35.7 Å². The van der Waals surface area contributed by atoms with Gasteiger partial charge in [-0.3, -0.25) is 20.0 Å². The molecule has 1 aromatic carbocycles. The topological polar surface area (TPSA) is 144 Å². The van der Waals surface area contributed by atoms with Crippen molar-refractivity contribution in [1.82, 2.24) is 19.9 Å². The molecule has 2 atom stereocenters. The fourth-order valence-electron chi connectivity index (χ4n) is 4.05. The summed E-state index contributed by atoms with van der Waals surface area (Å²) in [5, 5.41) is 7.43. The summed E-state index contributed by atoms with van der Waals surface area (Å²) in [5.74, 6) is 0.627. The number of nitrogens with zero attached hydrogens (tertiary/aromatic N) is 4. The summed E-state index contributed by atoms with van der Waals surface area (Å²) in [6, 6.07) is 10.6. The number of benzene rings is 1. The van der Waals surface area contributed by atoms with Crippen molar-refractivity contribution < 1.29 is 19.1 Å². The van der Waals surface area contributed by atoms with E-state index in [9.17, 15) is 9.59 Å². The predicted octanol–water partition coefficient (Wildman–Crippen LogP) is 2.30. The second kappa shape index (κ2) is 10.7. The molecule has 10 nitrogen and oxygen atoms in total. The molecule has 4 rings (SSSR count). The molecule has 0 spiro atoms. The third-order valence-corrected chi connectivity index (χ3v) is 5.87. The Morgan fingerprint density at radius 1 is 1.11 bits per heavy atom. The number of likely N-dealkylation sites (tertiary alicyclic amines) is 1. The van der Waals surface area contributed by atoms with E-state index in [-0.39, 0.29) is 42.7 Å². The van der Waals surface area contributed by atoms with Crippen LogP contribution in [-0.2, 0) is 9.53 Å². The average Bonchev–Trinajstić information content (AvgIpc) is 3.30. The first-order valence-electron chi connectivity index (χ1n) is 11.1. The molecular weight excluding hydrogens is 448 g/mol. The van der Waals surface area contributed by atoms with Gasteiger partial charge in [0.25, 0.3) is 5.91 Å². The van der Waals surface area contributed by atoms with Crippen LogP contribution in [-0.4, -0.2) is 63.9 Å². The lowest BCUT2D eigenvalue weighted by atomic mass is 10.0. The van der Waals surface area contributed by atoms with Gasteiger partial charge in [-0.1, -0.05) is 0 Å². The number of rotatable bonds is 8. The van der Waals surface area contributed by atoms with Crippen molar-refractivity contribution >= 4 is 17.7 Å². The number of carbonyl (C=O) groups excluding carboxylic acids is 2. The van der Waals surface area contributed by atoms with Gasteiger partial charge in [-0.05, 0) is 48.7 Å². The van der Waals surface area contributed by atoms with E-state index >= 15 is 0 Å². The van der Waals surface area contributed by atoms with Crippen molar-refractivity contribution in [2.45, 2.75) is 18.9 Å². The van der Waals surface area contributed by atoms with Gasteiger partial charge in [-0.2, -0.15) is 0 Å². The van der Waals surface area contributed by atoms with Crippen LogP contribution in [0.2, 0.25) is 0 Å². The minimum Gasteiger partial charge on any atom is -0.491 e. The quantitative estimate of drug-likeness (QED) is 0.287. The molecule has 35 heavy (non-hydrogen) atoms. The van der Waals surface area contributed by atoms with Crippen LogP contribution in [0.4, 0.5) is 0 Å². The van der Waals surface area contributed by atoms with Gasteiger partial charge in [0.1, 0.15) is 18.2 Å². The molecule has 1 aliphatic heterocycles. The minimum absolute atomic E-state index is 0.00540. The molecule has 0 bridgehead atoms. The van der Waals surface area contributed by atoms with Gasteiger partial charge in [0.15, 0.2) is 5.82 Å². The number of nitrogen functional groups attached to an aromatic ring is 1. The molecule has 0 unspecified atom stereocenters. The summed E-state index contributed by atoms with van der Waals surface area (Å²) >= 11 is 0. The summed E-state index contributed by atoms with van der Waals surface area (Å²) in [7, 11) is 1.36. The largest absolute Gasteiger partial charge is 0.491 e. The van der Waals surface area contributed by atoms with Crippen molar-refractivity contribution in [3.05, 3.63) is 72.3 Å². The molecule has 3 heterocycles. The smallest absolute Gasteiger partial charge is 0.305 e. The Kier molecular flexibility index (Phi) is 7.30. The lowest BCUT2D eigenvalue weighted by Gasteiger charge is -2.24. The van der Waals surface area contributed by atoms with E-state index in [2.05, 4.69) is 15.0 Å². The van der Waals surface area contributed by atoms with Crippen molar-refractivity contribution in [2.75, 3.05) is 20.3 Å². The van der Waals surface area contributed by atoms with E-state index < -0.39 is 0 Å². The number of pyridine rings is 1. The molecule has 2 aromatic heterocycles. The van der Waals surface area contributed by atoms with Crippen LogP contribution in [0.1, 0.15) is 28.8 Å². The molecule has 10 heteroatoms. The zero-order valence-corrected chi connectivity index (χ0v) is 19.3. The van der Waals surface area contributed by atoms with Crippen molar-refractivity contribution in [2.24, 2.45) is 11.7 Å². The number of ether oxygens (including phenoxy) is 2. The zero-order valence-electron chi connectivity index (χ0n) is 19.3. The molecule has 0 radical (unpaired) electrons. The number of hydrogen-bond acceptors (Lipinski definition) is 8. The Labute approximate surface area is 202 Å². The molecule has 1 fully saturated rings. The second-order valence-electron chi connectivity index (χ2n) is 8.28. The van der Waals surface area contributed by atoms with Gasteiger partial charge in [-0.25, -0.2) is 9.97 Å². The Bertz CT molecular complexity index is 1180. The maximum absolute atomic E-state index is 13.1. The number of amidine groups is 1. The fraction of sp³-hybridized carbons (Fsp3) is 0.280. The number of aromatic nitrogens is 3. The first-order valence-corrected chi connectivity index (χ1v) is 11.1. The summed E-state index contributed by atoms with van der Waals surface area (Å²) in [6.45, 7) is 0.732. The van der Waals surface area contributed by atoms with Crippen LogP contribution >= 0.6 is 0 Å². The molecule has 1 aliphatic rings. The molecule has 3 aromatic rings. The SMILES string of the molecule is COC(=O)C[C@@H]1C[C@@H](COc2ccc(-c3ncc(C(=N)N)cn3)cc2)N(C(=O)c2cccnc2)C1. The van der Waals surface area contributed by atoms with Gasteiger partial charge < -0.3 is 20.1 Å². The fourth-order valence-corrected chi connectivity index (χ4v) is 4.05. The normalized spacial score (nSPS) is 17.1. The first-order chi connectivity index (χ1) is 16.9. The molecule has 3 N–H and O–H groups in total. The zero-order chi connectivity index (χ0) is 24.8. The monoisotopic (exact) mass is 474 g/mol. The van der Waals surface area contributed by atoms with Gasteiger partial charge in [0.2, 0.25) is 0 Å². The number of amides is 1. The minimum atomic E-state index is -0.292. The molecule has 1 saturated heterocycles. The Morgan fingerprint density at radius 3 is 2.49 bits per heavy atom. The van der Waals surface area contributed by atoms with Crippen molar-refractivity contribution in [3.63, 3.8) is 0 Å². The lowest BCUT2D eigenvalue weighted by molar-refractivity contribution is -0.141. The van der Waals surface area contributed by atoms with Crippen LogP contribution in [0, 0.1) is 11.3 Å². The number of esters is 1. The van der Waals surface area contributed by atoms with Crippen LogP contribution in [0.3, 0.4) is 0 Å². The van der Waals surface area contributed by atoms with Gasteiger partial charge >= 0.3 is 5.97 Å². The number of nitrogens with two attached hydrogens (primary N) is 1. The molecule has 180 valence electrons. The Hall–Kier alpha value is -4.34. The maximum Gasteiger partial charge on any atom is 0.305 e. The third-order valence-electron chi connectivity index (χ3n) is 5.87. The van der Waals surface area contributed by atoms with Crippen LogP contribution in [0.15, 0.2) is 61.2 Å². The summed E-state index contributed by atoms with van der Waals surface area (Å²) < 4.78 is 10.8. The molecular formula is C25H26N6O4. The van der Waals surface area contributed by atoms with E-state index in [1.165, 1.54) is 25.7 Å². The van der Waals surface area contributed by atoms with Crippen LogP contribution in [0.5, 0.6) is 5.75 Å². The van der Waals surface area contributed by atoms with Crippen LogP contribution < -0.4 is 10.5 Å². The highest BCUT2D eigenvalue weighted by molar-refractivity contribution is 5.94. The van der Waals surface area contributed by atoms with Crippen molar-refractivity contribution in [1.29, 1.82) is 5.41 Å². The van der Waals surface area contributed by atoms with Crippen LogP contribution in [0.25, 0.3) is 11.4 Å². The number of hydrogen-bond donors (Lipinski definition) is 2. The number of methoxy groups -OCH3 is 1. The lowest BCUT2D eigenvalue weighted by Crippen LogP contribution is -2.39. The molecule has 1 amide bonds. The molecule has 0 saturated carbocycles. The number of carbonyl (C=O) groups is 2. The van der Waals surface area contributed by atoms with Gasteiger partial charge in [0.05, 0.1) is 30.7 Å². The highest BCUT2D eigenvalue weighted by Crippen LogP contribution is 2.29. The van der Waals surface area contributed by atoms with Crippen molar-refractivity contribution in [3.8, 4) is 17.1 Å². The highest BCUT2D eigenvalue weighted by atomic mass is 16.5. The van der Waals surface area contributed by atoms with Gasteiger partial charge in [0, 0.05) is 36.9 Å². The summed E-state index contributed by atoms with van der Waals surface area (Å²) in [6.07, 6.45) is 7.06. The number of nitrogens with one attached hydrogen (secondary N) is 1. The summed E-state index contributed by atoms with van der Waals surface area (Å²) in [4.78, 5) is 39.2. The predicted molar refractivity (Wildman–Crippen MR) is 128 cm³/mol. The van der Waals surface area contributed by atoms with E-state index in [1.807, 2.05) is 24.3 Å². The highest BCUT2D eigenvalue weighted by Gasteiger charge is 2.37.